The number of hydrogen-bond acceptors (Lipinski definition) is 17. The number of nitrogens with zero attached hydrogens (tertiary/aromatic N) is 2. The molecule has 5 atom stereocenters. The van der Waals surface area contributed by atoms with Crippen LogP contribution in [0, 0.1) is 21.4 Å². The van der Waals surface area contributed by atoms with Gasteiger partial charge in [-0.3, -0.25) is 28.8 Å². The smallest absolute Gasteiger partial charge is 0.255 e. The normalized spacial score (nSPS) is 13.3. The van der Waals surface area contributed by atoms with Crippen molar-refractivity contribution in [3.05, 3.63) is 43.7 Å². The van der Waals surface area contributed by atoms with Gasteiger partial charge >= 0.3 is 0 Å². The maximum atomic E-state index is 13.2. The van der Waals surface area contributed by atoms with Crippen molar-refractivity contribution < 1.29 is 84.6 Å². The number of amides is 6. The first-order valence-corrected chi connectivity index (χ1v) is 25.4. The number of hydrogen-bond donors (Lipinski definition) is 14. The van der Waals surface area contributed by atoms with Crippen LogP contribution < -0.4 is 26.2 Å². The molecule has 14 N–H and O–H groups in total. The Hall–Kier alpha value is -0.800. The average Bonchev–Trinajstić information content (AvgIpc) is 3.27. The summed E-state index contributed by atoms with van der Waals surface area (Å²) in [6.45, 7) is -3.09. The van der Waals surface area contributed by atoms with Crippen LogP contribution in [0.25, 0.3) is 0 Å². The number of nitrogens with one attached hydrogen (secondary N) is 4. The molecular formula is C37H50I6N6O17. The SMILES string of the molecule is CC(=O)N(CC(O)CO)c1c(I)c(C(=O)NCC(O)CO)c(I)c(C(=O)NCC(O)CO)c1I.COCC(=O)Nc1c(I)c(C(=O)NCC(O)CO)c(I)c(C(=O)N(C)CC(O)CO)c1I. The minimum Gasteiger partial charge on any atom is -0.394 e. The highest BCUT2D eigenvalue weighted by atomic mass is 127. The van der Waals surface area contributed by atoms with Crippen LogP contribution in [0.3, 0.4) is 0 Å². The molecule has 0 spiro atoms. The monoisotopic (exact) mass is 1610 g/mol. The highest BCUT2D eigenvalue weighted by Crippen LogP contribution is 2.39. The number of carbonyl (C=O) groups is 6. The van der Waals surface area contributed by atoms with Gasteiger partial charge in [-0.25, -0.2) is 0 Å². The van der Waals surface area contributed by atoms with Crippen LogP contribution in [0.15, 0.2) is 0 Å². The Kier molecular flexibility index (Phi) is 30.2. The molecule has 0 saturated heterocycles. The molecule has 0 heterocycles. The zero-order chi connectivity index (χ0) is 50.7. The molecule has 0 aliphatic heterocycles. The standard InChI is InChI=1S/C19H26I3N3O9.C18H24I3N3O8/c1-8(29)25(4-11(32)7-28)17-15(21)12(18(33)23-2-9(30)5-26)14(20)13(16(17)22)19(34)24-3-10(31)6-27;1-24(4-9(28)6-26)18(31)12-13(19)11(17(30)22-3-8(27)5-25)14(20)16(15(12)21)23-10(29)7-32-2/h9-11,26-28,30-32H,2-7H2,1H3,(H,23,33)(H,24,34);8-9,25-28H,3-7H2,1-2H3,(H,22,30)(H,23,29). The molecule has 23 nitrogen and oxygen atoms in total. The Bertz CT molecular complexity index is 1990. The van der Waals surface area contributed by atoms with Crippen molar-refractivity contribution in [3.63, 3.8) is 0 Å². The van der Waals surface area contributed by atoms with Crippen LogP contribution in [-0.4, -0.2) is 208 Å². The van der Waals surface area contributed by atoms with Gasteiger partial charge in [0.25, 0.3) is 23.6 Å². The van der Waals surface area contributed by atoms with E-state index in [9.17, 15) is 59.4 Å². The van der Waals surface area contributed by atoms with Gasteiger partial charge in [0.2, 0.25) is 11.8 Å². The number of aliphatic hydroxyl groups excluding tert-OH is 10. The predicted molar refractivity (Wildman–Crippen MR) is 287 cm³/mol. The Morgan fingerprint density at radius 3 is 1.26 bits per heavy atom. The third kappa shape index (κ3) is 18.4. The molecular weight excluding hydrogens is 1560 g/mol. The number of benzene rings is 2. The van der Waals surface area contributed by atoms with Gasteiger partial charge in [0.15, 0.2) is 0 Å². The highest BCUT2D eigenvalue weighted by molar-refractivity contribution is 14.1. The van der Waals surface area contributed by atoms with Crippen LogP contribution in [0.4, 0.5) is 11.4 Å². The summed E-state index contributed by atoms with van der Waals surface area (Å²) in [5, 5.41) is 104. The first-order chi connectivity index (χ1) is 30.9. The van der Waals surface area contributed by atoms with E-state index < -0.39 is 99.0 Å². The van der Waals surface area contributed by atoms with Crippen LogP contribution in [0.5, 0.6) is 0 Å². The number of carbonyl (C=O) groups excluding carboxylic acids is 6. The summed E-state index contributed by atoms with van der Waals surface area (Å²) in [7, 11) is 2.79. The van der Waals surface area contributed by atoms with Gasteiger partial charge in [0, 0.05) is 54.4 Å². The number of aliphatic hydroxyl groups is 10. The molecule has 0 aromatic heterocycles. The molecule has 2 rings (SSSR count). The molecule has 0 radical (unpaired) electrons. The largest absolute Gasteiger partial charge is 0.394 e. The highest BCUT2D eigenvalue weighted by Gasteiger charge is 2.33. The van der Waals surface area contributed by atoms with Gasteiger partial charge in [0.05, 0.1) is 118 Å². The lowest BCUT2D eigenvalue weighted by Crippen LogP contribution is -2.41. The molecule has 66 heavy (non-hydrogen) atoms. The Morgan fingerprint density at radius 1 is 0.545 bits per heavy atom. The van der Waals surface area contributed by atoms with Crippen molar-refractivity contribution in [2.75, 3.05) is 96.7 Å². The average molecular weight is 1610 g/mol. The molecule has 0 saturated carbocycles. The lowest BCUT2D eigenvalue weighted by Gasteiger charge is -2.28. The number of anilines is 2. The fraction of sp³-hybridized carbons (Fsp3) is 0.514. The van der Waals surface area contributed by atoms with Crippen molar-refractivity contribution in [1.82, 2.24) is 20.9 Å². The number of ether oxygens (including phenoxy) is 1. The number of rotatable bonds is 23. The topological polar surface area (TPSA) is 369 Å². The molecule has 0 fully saturated rings. The summed E-state index contributed by atoms with van der Waals surface area (Å²) in [5.74, 6) is -3.53. The third-order valence-corrected chi connectivity index (χ3v) is 14.9. The molecule has 6 amide bonds. The molecule has 2 aromatic carbocycles. The van der Waals surface area contributed by atoms with Gasteiger partial charge in [-0.05, 0) is 136 Å². The Morgan fingerprint density at radius 2 is 0.894 bits per heavy atom. The molecule has 372 valence electrons. The van der Waals surface area contributed by atoms with E-state index in [1.54, 1.807) is 22.6 Å². The first kappa shape index (κ1) is 63.2. The van der Waals surface area contributed by atoms with Crippen molar-refractivity contribution in [2.45, 2.75) is 37.4 Å². The van der Waals surface area contributed by atoms with E-state index in [1.807, 2.05) is 113 Å². The summed E-state index contributed by atoms with van der Waals surface area (Å²) < 4.78 is 6.64. The van der Waals surface area contributed by atoms with Crippen LogP contribution in [0.2, 0.25) is 0 Å². The van der Waals surface area contributed by atoms with Crippen molar-refractivity contribution in [2.24, 2.45) is 0 Å². The van der Waals surface area contributed by atoms with Gasteiger partial charge in [-0.2, -0.15) is 0 Å². The number of halogens is 6. The molecule has 0 aliphatic rings. The Labute approximate surface area is 460 Å². The zero-order valence-corrected chi connectivity index (χ0v) is 48.1. The van der Waals surface area contributed by atoms with E-state index in [4.69, 9.17) is 25.2 Å². The summed E-state index contributed by atoms with van der Waals surface area (Å²) >= 11 is 11.1. The van der Waals surface area contributed by atoms with Crippen LogP contribution in [0.1, 0.15) is 48.4 Å². The van der Waals surface area contributed by atoms with E-state index in [0.29, 0.717) is 10.7 Å². The van der Waals surface area contributed by atoms with Crippen molar-refractivity contribution in [1.29, 1.82) is 0 Å². The predicted octanol–water partition coefficient (Wildman–Crippen LogP) is -2.03. The van der Waals surface area contributed by atoms with E-state index in [-0.39, 0.29) is 83.7 Å². The van der Waals surface area contributed by atoms with Crippen molar-refractivity contribution in [3.8, 4) is 0 Å². The quantitative estimate of drug-likeness (QED) is 0.0534. The minimum absolute atomic E-state index is 0.0133. The van der Waals surface area contributed by atoms with E-state index in [1.165, 1.54) is 26.0 Å². The molecule has 0 bridgehead atoms. The van der Waals surface area contributed by atoms with Crippen LogP contribution in [-0.2, 0) is 14.3 Å². The maximum absolute atomic E-state index is 13.2. The summed E-state index contributed by atoms with van der Waals surface area (Å²) in [6.07, 6.45) is -6.01. The second-order valence-corrected chi connectivity index (χ2v) is 20.2. The summed E-state index contributed by atoms with van der Waals surface area (Å²) in [6, 6.07) is 0. The molecule has 5 unspecified atom stereocenters. The zero-order valence-electron chi connectivity index (χ0n) is 35.2. The number of methoxy groups -OCH3 is 1. The maximum Gasteiger partial charge on any atom is 0.255 e. The fourth-order valence-corrected chi connectivity index (χ4v) is 14.3. The Balaban J connectivity index is 0.000000661. The van der Waals surface area contributed by atoms with Gasteiger partial charge in [-0.1, -0.05) is 0 Å². The molecule has 0 aliphatic carbocycles. The molecule has 29 heteroatoms. The van der Waals surface area contributed by atoms with Crippen molar-refractivity contribution >= 4 is 182 Å². The minimum atomic E-state index is -1.29. The fourth-order valence-electron chi connectivity index (χ4n) is 5.14. The van der Waals surface area contributed by atoms with E-state index in [0.717, 1.165) is 4.90 Å². The first-order valence-electron chi connectivity index (χ1n) is 18.9. The van der Waals surface area contributed by atoms with Gasteiger partial charge in [-0.15, -0.1) is 0 Å². The van der Waals surface area contributed by atoms with Gasteiger partial charge < -0.3 is 86.9 Å². The second kappa shape index (κ2) is 31.5. The van der Waals surface area contributed by atoms with E-state index in [2.05, 4.69) is 21.3 Å². The second-order valence-electron chi connectivity index (χ2n) is 13.7. The van der Waals surface area contributed by atoms with E-state index >= 15 is 0 Å². The van der Waals surface area contributed by atoms with Crippen LogP contribution >= 0.6 is 136 Å². The lowest BCUT2D eigenvalue weighted by molar-refractivity contribution is -0.119. The molecule has 2 aromatic rings. The van der Waals surface area contributed by atoms with Gasteiger partial charge in [0.1, 0.15) is 6.61 Å². The summed E-state index contributed by atoms with van der Waals surface area (Å²) in [5.41, 5.74) is 0.644. The summed E-state index contributed by atoms with van der Waals surface area (Å²) in [4.78, 5) is 79.1. The lowest BCUT2D eigenvalue weighted by atomic mass is 10.1. The number of likely N-dealkylation sites (N-methyl/N-ethyl adjacent to an activating group) is 1. The third-order valence-electron chi connectivity index (χ3n) is 8.47.